The van der Waals surface area contributed by atoms with Crippen LogP contribution >= 0.6 is 0 Å². The van der Waals surface area contributed by atoms with Crippen molar-refractivity contribution in [3.05, 3.63) is 18.7 Å². The fourth-order valence-electron chi connectivity index (χ4n) is 1.98. The Hall–Kier alpha value is -1.36. The quantitative estimate of drug-likeness (QED) is 0.251. The number of unbranched alkanes of at least 4 members (excludes halogenated alkanes) is 2. The van der Waals surface area contributed by atoms with Crippen LogP contribution in [-0.2, 0) is 13.1 Å². The smallest absolute Gasteiger partial charge is 0.243 e. The summed E-state index contributed by atoms with van der Waals surface area (Å²) in [4.78, 5) is 4.28. The number of hydrogen-bond acceptors (Lipinski definition) is 2. The highest BCUT2D eigenvalue weighted by atomic mass is 15.1. The number of imidazole rings is 1. The third-order valence-corrected chi connectivity index (χ3v) is 3.33. The number of aliphatic imine (C=N–C) groups is 1. The molecule has 0 radical (unpaired) electrons. The molecular formula is C16H32N5+. The fraction of sp³-hybridized carbons (Fsp3) is 0.750. The number of aromatic nitrogens is 2. The molecule has 21 heavy (non-hydrogen) atoms. The molecule has 0 unspecified atom stereocenters. The third-order valence-electron chi connectivity index (χ3n) is 3.33. The van der Waals surface area contributed by atoms with E-state index >= 15 is 0 Å². The van der Waals surface area contributed by atoms with Gasteiger partial charge < -0.3 is 10.6 Å². The predicted molar refractivity (Wildman–Crippen MR) is 88.7 cm³/mol. The molecule has 1 aromatic heterocycles. The van der Waals surface area contributed by atoms with E-state index in [1.54, 1.807) is 0 Å². The number of nitrogens with one attached hydrogen (secondary N) is 2. The Bertz CT molecular complexity index is 372. The summed E-state index contributed by atoms with van der Waals surface area (Å²) in [5.41, 5.74) is 0. The Labute approximate surface area is 129 Å². The molecule has 1 aromatic rings. The lowest BCUT2D eigenvalue weighted by Crippen LogP contribution is -2.31. The van der Waals surface area contributed by atoms with E-state index in [4.69, 9.17) is 0 Å². The minimum absolute atomic E-state index is 0.928. The van der Waals surface area contributed by atoms with Crippen LogP contribution in [0.15, 0.2) is 23.7 Å². The minimum Gasteiger partial charge on any atom is -0.375 e. The van der Waals surface area contributed by atoms with E-state index < -0.39 is 0 Å². The van der Waals surface area contributed by atoms with Crippen molar-refractivity contribution in [3.8, 4) is 0 Å². The number of rotatable bonds is 13. The standard InChI is InChI=1S/C16H32N5/c1-3-5-7-18-15-19-9-8-17-10-12-21-14-13-20(16-21)11-6-4-2/h13-17H,3-12H2,1-2H3,(H,18,19)/q+1. The Morgan fingerprint density at radius 1 is 1.14 bits per heavy atom. The Kier molecular flexibility index (Phi) is 10.4. The van der Waals surface area contributed by atoms with Gasteiger partial charge in [0.2, 0.25) is 6.33 Å². The van der Waals surface area contributed by atoms with E-state index in [1.165, 1.54) is 25.7 Å². The SMILES string of the molecule is CCCCN=CNCCNCCn1cc[n+](CCCC)c1. The number of aryl methyl sites for hydroxylation is 1. The summed E-state index contributed by atoms with van der Waals surface area (Å²) in [6.45, 7) is 10.4. The maximum absolute atomic E-state index is 4.28. The van der Waals surface area contributed by atoms with Crippen molar-refractivity contribution < 1.29 is 4.57 Å². The van der Waals surface area contributed by atoms with Gasteiger partial charge >= 0.3 is 0 Å². The fourth-order valence-corrected chi connectivity index (χ4v) is 1.98. The largest absolute Gasteiger partial charge is 0.375 e. The van der Waals surface area contributed by atoms with Crippen molar-refractivity contribution in [3.63, 3.8) is 0 Å². The van der Waals surface area contributed by atoms with Gasteiger partial charge in [0.05, 0.1) is 12.9 Å². The van der Waals surface area contributed by atoms with Gasteiger partial charge in [-0.2, -0.15) is 0 Å². The molecule has 0 aliphatic rings. The summed E-state index contributed by atoms with van der Waals surface area (Å²) >= 11 is 0. The van der Waals surface area contributed by atoms with Crippen LogP contribution in [0.5, 0.6) is 0 Å². The van der Waals surface area contributed by atoms with E-state index in [2.05, 4.69) is 57.3 Å². The first-order valence-electron chi connectivity index (χ1n) is 8.34. The van der Waals surface area contributed by atoms with Gasteiger partial charge in [0.25, 0.3) is 0 Å². The molecule has 0 atom stereocenters. The average Bonchev–Trinajstić information content (AvgIpc) is 2.95. The number of hydrogen-bond donors (Lipinski definition) is 2. The van der Waals surface area contributed by atoms with Crippen molar-refractivity contribution in [2.24, 2.45) is 4.99 Å². The number of nitrogens with zero attached hydrogens (tertiary/aromatic N) is 3. The lowest BCUT2D eigenvalue weighted by atomic mass is 10.3. The minimum atomic E-state index is 0.928. The highest BCUT2D eigenvalue weighted by Crippen LogP contribution is 1.88. The predicted octanol–water partition coefficient (Wildman–Crippen LogP) is 1.58. The highest BCUT2D eigenvalue weighted by molar-refractivity contribution is 5.53. The summed E-state index contributed by atoms with van der Waals surface area (Å²) in [7, 11) is 0. The molecule has 0 fully saturated rings. The second-order valence-corrected chi connectivity index (χ2v) is 5.34. The molecule has 0 saturated carbocycles. The van der Waals surface area contributed by atoms with E-state index in [1.807, 2.05) is 6.34 Å². The van der Waals surface area contributed by atoms with Gasteiger partial charge in [-0.25, -0.2) is 9.13 Å². The molecule has 0 aliphatic heterocycles. The van der Waals surface area contributed by atoms with E-state index in [9.17, 15) is 0 Å². The van der Waals surface area contributed by atoms with Gasteiger partial charge in [0.1, 0.15) is 18.9 Å². The summed E-state index contributed by atoms with van der Waals surface area (Å²) < 4.78 is 4.50. The summed E-state index contributed by atoms with van der Waals surface area (Å²) in [6, 6.07) is 0. The molecule has 120 valence electrons. The maximum atomic E-state index is 4.28. The lowest BCUT2D eigenvalue weighted by molar-refractivity contribution is -0.696. The lowest BCUT2D eigenvalue weighted by Gasteiger charge is -2.03. The molecule has 1 heterocycles. The van der Waals surface area contributed by atoms with Crippen LogP contribution < -0.4 is 15.2 Å². The summed E-state index contributed by atoms with van der Waals surface area (Å²) in [5, 5.41) is 6.64. The summed E-state index contributed by atoms with van der Waals surface area (Å²) in [5.74, 6) is 0. The van der Waals surface area contributed by atoms with Gasteiger partial charge in [-0.3, -0.25) is 4.99 Å². The van der Waals surface area contributed by atoms with E-state index in [0.717, 1.165) is 39.3 Å². The van der Waals surface area contributed by atoms with Crippen LogP contribution in [0.3, 0.4) is 0 Å². The second kappa shape index (κ2) is 12.4. The topological polar surface area (TPSA) is 45.2 Å². The van der Waals surface area contributed by atoms with Crippen LogP contribution in [0.2, 0.25) is 0 Å². The normalized spacial score (nSPS) is 11.3. The van der Waals surface area contributed by atoms with Crippen molar-refractivity contribution in [1.82, 2.24) is 15.2 Å². The van der Waals surface area contributed by atoms with Gasteiger partial charge in [-0.1, -0.05) is 26.7 Å². The zero-order valence-corrected chi connectivity index (χ0v) is 13.7. The molecule has 0 saturated heterocycles. The first-order valence-corrected chi connectivity index (χ1v) is 8.34. The Balaban J connectivity index is 1.96. The van der Waals surface area contributed by atoms with Crippen molar-refractivity contribution in [2.45, 2.75) is 52.6 Å². The molecule has 0 aromatic carbocycles. The molecule has 1 rings (SSSR count). The van der Waals surface area contributed by atoms with Crippen molar-refractivity contribution in [1.29, 1.82) is 0 Å². The zero-order chi connectivity index (χ0) is 15.2. The van der Waals surface area contributed by atoms with Gasteiger partial charge in [-0.05, 0) is 12.8 Å². The molecule has 5 nitrogen and oxygen atoms in total. The molecule has 5 heteroatoms. The van der Waals surface area contributed by atoms with Crippen molar-refractivity contribution in [2.75, 3.05) is 26.2 Å². The molecular weight excluding hydrogens is 262 g/mol. The van der Waals surface area contributed by atoms with Crippen LogP contribution in [0.1, 0.15) is 39.5 Å². The van der Waals surface area contributed by atoms with Gasteiger partial charge in [-0.15, -0.1) is 0 Å². The molecule has 0 aliphatic carbocycles. The van der Waals surface area contributed by atoms with Crippen molar-refractivity contribution >= 4 is 6.34 Å². The molecule has 0 spiro atoms. The maximum Gasteiger partial charge on any atom is 0.243 e. The zero-order valence-electron chi connectivity index (χ0n) is 13.7. The summed E-state index contributed by atoms with van der Waals surface area (Å²) in [6.07, 6.45) is 13.2. The Morgan fingerprint density at radius 3 is 2.81 bits per heavy atom. The monoisotopic (exact) mass is 294 g/mol. The third kappa shape index (κ3) is 9.24. The van der Waals surface area contributed by atoms with Crippen LogP contribution in [-0.4, -0.2) is 37.1 Å². The van der Waals surface area contributed by atoms with Crippen LogP contribution in [0.4, 0.5) is 0 Å². The average molecular weight is 294 g/mol. The van der Waals surface area contributed by atoms with Gasteiger partial charge in [0.15, 0.2) is 0 Å². The van der Waals surface area contributed by atoms with Crippen LogP contribution in [0, 0.1) is 0 Å². The molecule has 2 N–H and O–H groups in total. The van der Waals surface area contributed by atoms with E-state index in [-0.39, 0.29) is 0 Å². The Morgan fingerprint density at radius 2 is 2.00 bits per heavy atom. The first-order chi connectivity index (χ1) is 10.4. The second-order valence-electron chi connectivity index (χ2n) is 5.34. The highest BCUT2D eigenvalue weighted by Gasteiger charge is 2.02. The van der Waals surface area contributed by atoms with E-state index in [0.29, 0.717) is 0 Å². The van der Waals surface area contributed by atoms with Crippen LogP contribution in [0.25, 0.3) is 0 Å². The first kappa shape index (κ1) is 17.7. The molecule has 0 amide bonds. The van der Waals surface area contributed by atoms with Gasteiger partial charge in [0, 0.05) is 26.2 Å². The molecule has 0 bridgehead atoms.